The van der Waals surface area contributed by atoms with Gasteiger partial charge in [-0.2, -0.15) is 0 Å². The summed E-state index contributed by atoms with van der Waals surface area (Å²) in [5.74, 6) is -0.668. The molecular weight excluding hydrogens is 370 g/mol. The van der Waals surface area contributed by atoms with Gasteiger partial charge in [-0.1, -0.05) is 13.8 Å². The Labute approximate surface area is 159 Å². The van der Waals surface area contributed by atoms with Crippen LogP contribution in [0.3, 0.4) is 0 Å². The first-order valence-corrected chi connectivity index (χ1v) is 10.6. The molecule has 27 heavy (non-hydrogen) atoms. The molecule has 3 amide bonds. The predicted molar refractivity (Wildman–Crippen MR) is 102 cm³/mol. The lowest BCUT2D eigenvalue weighted by Gasteiger charge is -2.23. The van der Waals surface area contributed by atoms with Crippen LogP contribution in [-0.2, 0) is 14.6 Å². The highest BCUT2D eigenvalue weighted by Crippen LogP contribution is 2.13. The quantitative estimate of drug-likeness (QED) is 0.628. The van der Waals surface area contributed by atoms with Gasteiger partial charge >= 0.3 is 6.03 Å². The molecule has 1 fully saturated rings. The van der Waals surface area contributed by atoms with E-state index in [1.807, 2.05) is 0 Å². The van der Waals surface area contributed by atoms with Crippen molar-refractivity contribution in [2.24, 2.45) is 5.92 Å². The van der Waals surface area contributed by atoms with Crippen LogP contribution in [0.1, 0.15) is 37.6 Å². The molecule has 0 radical (unpaired) electrons. The maximum atomic E-state index is 12.5. The number of carbonyl (C=O) groups is 3. The third kappa shape index (κ3) is 6.06. The molecule has 3 N–H and O–H groups in total. The van der Waals surface area contributed by atoms with Crippen LogP contribution in [0.15, 0.2) is 24.3 Å². The van der Waals surface area contributed by atoms with Crippen molar-refractivity contribution < 1.29 is 22.8 Å². The number of carbonyl (C=O) groups excluding carboxylic acids is 3. The van der Waals surface area contributed by atoms with E-state index in [1.165, 1.54) is 6.92 Å². The number of nitrogens with one attached hydrogen (secondary N) is 3. The SMILES string of the molecule is CC(=O)c1ccc(NC(=O)[C@@H](NC(=O)N[C@@H]2CCS(=O)(=O)C2)C(C)C)cc1. The average Bonchev–Trinajstić information content (AvgIpc) is 2.91. The van der Waals surface area contributed by atoms with E-state index in [2.05, 4.69) is 16.0 Å². The van der Waals surface area contributed by atoms with E-state index in [0.717, 1.165) is 0 Å². The van der Waals surface area contributed by atoms with Crippen molar-refractivity contribution in [3.05, 3.63) is 29.8 Å². The Morgan fingerprint density at radius 1 is 1.11 bits per heavy atom. The van der Waals surface area contributed by atoms with Crippen LogP contribution in [0.4, 0.5) is 10.5 Å². The number of anilines is 1. The lowest BCUT2D eigenvalue weighted by Crippen LogP contribution is -2.52. The molecule has 0 spiro atoms. The van der Waals surface area contributed by atoms with Gasteiger partial charge in [0, 0.05) is 17.3 Å². The fourth-order valence-electron chi connectivity index (χ4n) is 2.82. The number of sulfone groups is 1. The summed E-state index contributed by atoms with van der Waals surface area (Å²) in [6.45, 7) is 5.05. The molecular formula is C18H25N3O5S. The number of ketones is 1. The Bertz CT molecular complexity index is 818. The maximum absolute atomic E-state index is 12.5. The summed E-state index contributed by atoms with van der Waals surface area (Å²) in [5.41, 5.74) is 1.05. The molecule has 0 bridgehead atoms. The molecule has 0 unspecified atom stereocenters. The minimum Gasteiger partial charge on any atom is -0.334 e. The van der Waals surface area contributed by atoms with Gasteiger partial charge in [-0.25, -0.2) is 13.2 Å². The van der Waals surface area contributed by atoms with Gasteiger partial charge < -0.3 is 16.0 Å². The third-order valence-electron chi connectivity index (χ3n) is 4.36. The minimum absolute atomic E-state index is 0.0578. The number of benzene rings is 1. The maximum Gasteiger partial charge on any atom is 0.315 e. The van der Waals surface area contributed by atoms with Crippen molar-refractivity contribution in [3.63, 3.8) is 0 Å². The van der Waals surface area contributed by atoms with E-state index < -0.39 is 33.9 Å². The summed E-state index contributed by atoms with van der Waals surface area (Å²) < 4.78 is 22.9. The van der Waals surface area contributed by atoms with Gasteiger partial charge in [0.1, 0.15) is 6.04 Å². The van der Waals surface area contributed by atoms with Crippen LogP contribution >= 0.6 is 0 Å². The molecule has 1 aliphatic rings. The van der Waals surface area contributed by atoms with Gasteiger partial charge in [-0.05, 0) is 43.5 Å². The van der Waals surface area contributed by atoms with Crippen LogP contribution in [0, 0.1) is 5.92 Å². The molecule has 1 heterocycles. The van der Waals surface area contributed by atoms with Gasteiger partial charge in [0.15, 0.2) is 15.6 Å². The zero-order chi connectivity index (χ0) is 20.2. The van der Waals surface area contributed by atoms with Gasteiger partial charge in [0.25, 0.3) is 0 Å². The second kappa shape index (κ2) is 8.51. The molecule has 1 aromatic rings. The second-order valence-corrected chi connectivity index (χ2v) is 9.29. The molecule has 1 aromatic carbocycles. The van der Waals surface area contributed by atoms with E-state index in [-0.39, 0.29) is 23.2 Å². The number of Topliss-reactive ketones (excluding diaryl/α,β-unsaturated/α-hetero) is 1. The van der Waals surface area contributed by atoms with Crippen molar-refractivity contribution in [2.75, 3.05) is 16.8 Å². The smallest absolute Gasteiger partial charge is 0.315 e. The van der Waals surface area contributed by atoms with Gasteiger partial charge in [-0.15, -0.1) is 0 Å². The first-order chi connectivity index (χ1) is 12.6. The van der Waals surface area contributed by atoms with Gasteiger partial charge in [-0.3, -0.25) is 9.59 Å². The van der Waals surface area contributed by atoms with Crippen LogP contribution in [0.5, 0.6) is 0 Å². The van der Waals surface area contributed by atoms with Crippen molar-refractivity contribution in [3.8, 4) is 0 Å². The molecule has 1 aliphatic heterocycles. The molecule has 0 aliphatic carbocycles. The molecule has 9 heteroatoms. The van der Waals surface area contributed by atoms with E-state index in [1.54, 1.807) is 38.1 Å². The Morgan fingerprint density at radius 3 is 2.22 bits per heavy atom. The summed E-state index contributed by atoms with van der Waals surface area (Å²) in [5, 5.41) is 7.93. The number of rotatable bonds is 6. The highest BCUT2D eigenvalue weighted by Gasteiger charge is 2.30. The van der Waals surface area contributed by atoms with Crippen molar-refractivity contribution in [1.82, 2.24) is 10.6 Å². The monoisotopic (exact) mass is 395 g/mol. The normalized spacial score (nSPS) is 19.3. The fourth-order valence-corrected chi connectivity index (χ4v) is 4.49. The molecule has 1 saturated heterocycles. The van der Waals surface area contributed by atoms with E-state index in [9.17, 15) is 22.8 Å². The Morgan fingerprint density at radius 2 is 1.74 bits per heavy atom. The van der Waals surface area contributed by atoms with Crippen molar-refractivity contribution >= 4 is 33.2 Å². The number of urea groups is 1. The Kier molecular flexibility index (Phi) is 6.59. The van der Waals surface area contributed by atoms with E-state index in [4.69, 9.17) is 0 Å². The summed E-state index contributed by atoms with van der Waals surface area (Å²) in [7, 11) is -3.10. The highest BCUT2D eigenvalue weighted by atomic mass is 32.2. The van der Waals surface area contributed by atoms with Crippen LogP contribution in [0.2, 0.25) is 0 Å². The molecule has 0 aromatic heterocycles. The van der Waals surface area contributed by atoms with Crippen LogP contribution in [-0.4, -0.2) is 49.7 Å². The first-order valence-electron chi connectivity index (χ1n) is 8.76. The molecule has 2 rings (SSSR count). The highest BCUT2D eigenvalue weighted by molar-refractivity contribution is 7.91. The molecule has 148 valence electrons. The lowest BCUT2D eigenvalue weighted by atomic mass is 10.0. The number of amides is 3. The lowest BCUT2D eigenvalue weighted by molar-refractivity contribution is -0.118. The summed E-state index contributed by atoms with van der Waals surface area (Å²) in [4.78, 5) is 36.0. The van der Waals surface area contributed by atoms with Crippen molar-refractivity contribution in [2.45, 2.75) is 39.3 Å². The third-order valence-corrected chi connectivity index (χ3v) is 6.13. The zero-order valence-electron chi connectivity index (χ0n) is 15.6. The van der Waals surface area contributed by atoms with E-state index in [0.29, 0.717) is 17.7 Å². The first kappa shape index (κ1) is 20.9. The van der Waals surface area contributed by atoms with E-state index >= 15 is 0 Å². The molecule has 8 nitrogen and oxygen atoms in total. The largest absolute Gasteiger partial charge is 0.334 e. The summed E-state index contributed by atoms with van der Waals surface area (Å²) in [6.07, 6.45) is 0.372. The predicted octanol–water partition coefficient (Wildman–Crippen LogP) is 1.34. The summed E-state index contributed by atoms with van der Waals surface area (Å²) in [6, 6.07) is 4.66. The Hall–Kier alpha value is -2.42. The van der Waals surface area contributed by atoms with Crippen LogP contribution < -0.4 is 16.0 Å². The summed E-state index contributed by atoms with van der Waals surface area (Å²) >= 11 is 0. The minimum atomic E-state index is -3.10. The Balaban J connectivity index is 1.96. The second-order valence-electron chi connectivity index (χ2n) is 7.06. The number of hydrogen-bond acceptors (Lipinski definition) is 5. The van der Waals surface area contributed by atoms with Crippen LogP contribution in [0.25, 0.3) is 0 Å². The van der Waals surface area contributed by atoms with Crippen molar-refractivity contribution in [1.29, 1.82) is 0 Å². The standard InChI is InChI=1S/C18H25N3O5S/c1-11(2)16(21-18(24)20-15-8-9-27(25,26)10-15)17(23)19-14-6-4-13(5-7-14)12(3)22/h4-7,11,15-16H,8-10H2,1-3H3,(H,19,23)(H2,20,21,24)/t15-,16+/m1/s1. The fraction of sp³-hybridized carbons (Fsp3) is 0.500. The average molecular weight is 395 g/mol. The van der Waals surface area contributed by atoms with Gasteiger partial charge in [0.05, 0.1) is 11.5 Å². The molecule has 2 atom stereocenters. The molecule has 0 saturated carbocycles. The number of hydrogen-bond donors (Lipinski definition) is 3. The zero-order valence-corrected chi connectivity index (χ0v) is 16.4. The topological polar surface area (TPSA) is 121 Å². The van der Waals surface area contributed by atoms with Gasteiger partial charge in [0.2, 0.25) is 5.91 Å².